The van der Waals surface area contributed by atoms with Gasteiger partial charge in [0.05, 0.1) is 17.6 Å². The predicted octanol–water partition coefficient (Wildman–Crippen LogP) is 3.80. The normalized spacial score (nSPS) is 10.8. The molecule has 0 fully saturated rings. The number of carbonyl (C=O) groups excluding carboxylic acids is 2. The van der Waals surface area contributed by atoms with Crippen molar-refractivity contribution < 1.29 is 9.59 Å². The molecule has 0 atom stereocenters. The van der Waals surface area contributed by atoms with E-state index in [-0.39, 0.29) is 18.4 Å². The van der Waals surface area contributed by atoms with Crippen molar-refractivity contribution in [1.29, 1.82) is 0 Å². The highest BCUT2D eigenvalue weighted by Gasteiger charge is 2.19. The number of amides is 2. The van der Waals surface area contributed by atoms with Crippen LogP contribution in [0.2, 0.25) is 0 Å². The molecule has 0 saturated heterocycles. The molecule has 5 heteroatoms. The predicted molar refractivity (Wildman–Crippen MR) is 105 cm³/mol. The number of carbonyl (C=O) groups is 2. The zero-order chi connectivity index (χ0) is 18.8. The van der Waals surface area contributed by atoms with Gasteiger partial charge in [-0.05, 0) is 44.5 Å². The summed E-state index contributed by atoms with van der Waals surface area (Å²) in [4.78, 5) is 29.8. The van der Waals surface area contributed by atoms with Crippen LogP contribution in [0.4, 0.5) is 5.69 Å². The molecule has 134 valence electrons. The van der Waals surface area contributed by atoms with Crippen LogP contribution in [0.5, 0.6) is 0 Å². The van der Waals surface area contributed by atoms with Crippen molar-refractivity contribution in [2.75, 3.05) is 18.9 Å². The summed E-state index contributed by atoms with van der Waals surface area (Å²) >= 11 is 0. The summed E-state index contributed by atoms with van der Waals surface area (Å²) in [7, 11) is 1.64. The van der Waals surface area contributed by atoms with Crippen molar-refractivity contribution in [3.63, 3.8) is 0 Å². The van der Waals surface area contributed by atoms with E-state index in [9.17, 15) is 9.59 Å². The molecule has 0 aliphatic rings. The van der Waals surface area contributed by atoms with E-state index in [1.54, 1.807) is 13.1 Å². The van der Waals surface area contributed by atoms with E-state index in [1.807, 2.05) is 57.2 Å². The highest BCUT2D eigenvalue weighted by molar-refractivity contribution is 6.08. The van der Waals surface area contributed by atoms with Gasteiger partial charge in [0.1, 0.15) is 0 Å². The number of hydrogen-bond acceptors (Lipinski definition) is 2. The van der Waals surface area contributed by atoms with Gasteiger partial charge in [0, 0.05) is 23.8 Å². The Morgan fingerprint density at radius 2 is 1.73 bits per heavy atom. The van der Waals surface area contributed by atoms with Crippen molar-refractivity contribution in [1.82, 2.24) is 9.88 Å². The van der Waals surface area contributed by atoms with Gasteiger partial charge < -0.3 is 15.2 Å². The first-order valence-corrected chi connectivity index (χ1v) is 8.56. The molecular weight excluding hydrogens is 326 g/mol. The number of hydrogen-bond donors (Lipinski definition) is 2. The third-order valence-electron chi connectivity index (χ3n) is 4.64. The standard InChI is InChI=1S/C21H23N3O2/c1-13-8-10-16(11-9-13)23-19(25)12-24(4)21(26)18-7-5-6-17-14(2)15(3)22-20(17)18/h5-11,22H,12H2,1-4H3,(H,23,25). The van der Waals surface area contributed by atoms with E-state index >= 15 is 0 Å². The Bertz CT molecular complexity index is 971. The van der Waals surface area contributed by atoms with Crippen molar-refractivity contribution in [3.05, 3.63) is 64.8 Å². The third-order valence-corrected chi connectivity index (χ3v) is 4.64. The van der Waals surface area contributed by atoms with E-state index in [4.69, 9.17) is 0 Å². The topological polar surface area (TPSA) is 65.2 Å². The zero-order valence-corrected chi connectivity index (χ0v) is 15.5. The first-order valence-electron chi connectivity index (χ1n) is 8.56. The van der Waals surface area contributed by atoms with E-state index < -0.39 is 0 Å². The smallest absolute Gasteiger partial charge is 0.256 e. The molecule has 1 aromatic heterocycles. The molecule has 0 aliphatic heterocycles. The second kappa shape index (κ2) is 7.04. The van der Waals surface area contributed by atoms with Crippen molar-refractivity contribution in [3.8, 4) is 0 Å². The molecule has 0 saturated carbocycles. The molecule has 0 radical (unpaired) electrons. The number of aromatic amines is 1. The van der Waals surface area contributed by atoms with Crippen molar-refractivity contribution >= 4 is 28.4 Å². The van der Waals surface area contributed by atoms with Crippen LogP contribution in [0.3, 0.4) is 0 Å². The van der Waals surface area contributed by atoms with Crippen molar-refractivity contribution in [2.24, 2.45) is 0 Å². The van der Waals surface area contributed by atoms with E-state index in [0.717, 1.165) is 33.4 Å². The number of nitrogens with zero attached hydrogens (tertiary/aromatic N) is 1. The lowest BCUT2D eigenvalue weighted by molar-refractivity contribution is -0.116. The highest BCUT2D eigenvalue weighted by Crippen LogP contribution is 2.24. The van der Waals surface area contributed by atoms with E-state index in [0.29, 0.717) is 5.56 Å². The van der Waals surface area contributed by atoms with Gasteiger partial charge >= 0.3 is 0 Å². The summed E-state index contributed by atoms with van der Waals surface area (Å²) in [5.74, 6) is -0.411. The largest absolute Gasteiger partial charge is 0.358 e. The maximum atomic E-state index is 12.8. The molecular formula is C21H23N3O2. The molecule has 2 amide bonds. The van der Waals surface area contributed by atoms with Gasteiger partial charge in [-0.1, -0.05) is 29.8 Å². The molecule has 3 aromatic rings. The fraction of sp³-hybridized carbons (Fsp3) is 0.238. The summed E-state index contributed by atoms with van der Waals surface area (Å²) in [6.45, 7) is 5.99. The number of benzene rings is 2. The Morgan fingerprint density at radius 3 is 2.42 bits per heavy atom. The molecule has 0 bridgehead atoms. The second-order valence-corrected chi connectivity index (χ2v) is 6.68. The number of likely N-dealkylation sites (N-methyl/N-ethyl adjacent to an activating group) is 1. The molecule has 0 spiro atoms. The molecule has 26 heavy (non-hydrogen) atoms. The Labute approximate surface area is 153 Å². The van der Waals surface area contributed by atoms with Gasteiger partial charge in [0.2, 0.25) is 5.91 Å². The molecule has 2 aromatic carbocycles. The molecule has 0 aliphatic carbocycles. The SMILES string of the molecule is Cc1ccc(NC(=O)CN(C)C(=O)c2cccc3c(C)c(C)[nH]c23)cc1. The number of fused-ring (bicyclic) bond motifs is 1. The average Bonchev–Trinajstić information content (AvgIpc) is 2.91. The third kappa shape index (κ3) is 3.47. The van der Waals surface area contributed by atoms with Crippen molar-refractivity contribution in [2.45, 2.75) is 20.8 Å². The monoisotopic (exact) mass is 349 g/mol. The van der Waals surface area contributed by atoms with Crippen LogP contribution in [-0.2, 0) is 4.79 Å². The number of aryl methyl sites for hydroxylation is 3. The molecule has 1 heterocycles. The number of rotatable bonds is 4. The number of aromatic nitrogens is 1. The van der Waals surface area contributed by atoms with Crippen LogP contribution >= 0.6 is 0 Å². The Hall–Kier alpha value is -3.08. The second-order valence-electron chi connectivity index (χ2n) is 6.68. The summed E-state index contributed by atoms with van der Waals surface area (Å²) in [6, 6.07) is 13.2. The summed E-state index contributed by atoms with van der Waals surface area (Å²) in [6.07, 6.45) is 0. The van der Waals surface area contributed by atoms with Crippen LogP contribution in [0.1, 0.15) is 27.2 Å². The van der Waals surface area contributed by atoms with Gasteiger partial charge in [0.15, 0.2) is 0 Å². The first kappa shape index (κ1) is 17.7. The minimum Gasteiger partial charge on any atom is -0.358 e. The number of anilines is 1. The minimum absolute atomic E-state index is 0.0121. The summed E-state index contributed by atoms with van der Waals surface area (Å²) in [5.41, 5.74) is 5.41. The van der Waals surface area contributed by atoms with Gasteiger partial charge in [-0.3, -0.25) is 9.59 Å². The number of para-hydroxylation sites is 1. The highest BCUT2D eigenvalue weighted by atomic mass is 16.2. The summed E-state index contributed by atoms with van der Waals surface area (Å²) in [5, 5.41) is 3.85. The van der Waals surface area contributed by atoms with E-state index in [1.165, 1.54) is 4.90 Å². The lowest BCUT2D eigenvalue weighted by atomic mass is 10.1. The van der Waals surface area contributed by atoms with Crippen LogP contribution in [0.25, 0.3) is 10.9 Å². The average molecular weight is 349 g/mol. The maximum absolute atomic E-state index is 12.8. The Kier molecular flexibility index (Phi) is 4.80. The van der Waals surface area contributed by atoms with Gasteiger partial charge in [-0.15, -0.1) is 0 Å². The zero-order valence-electron chi connectivity index (χ0n) is 15.5. The summed E-state index contributed by atoms with van der Waals surface area (Å²) < 4.78 is 0. The Balaban J connectivity index is 1.74. The first-order chi connectivity index (χ1) is 12.4. The quantitative estimate of drug-likeness (QED) is 0.752. The fourth-order valence-corrected chi connectivity index (χ4v) is 2.99. The fourth-order valence-electron chi connectivity index (χ4n) is 2.99. The van der Waals surface area contributed by atoms with Gasteiger partial charge in [-0.2, -0.15) is 0 Å². The molecule has 5 nitrogen and oxygen atoms in total. The van der Waals surface area contributed by atoms with Crippen LogP contribution in [0, 0.1) is 20.8 Å². The van der Waals surface area contributed by atoms with E-state index in [2.05, 4.69) is 10.3 Å². The molecule has 0 unspecified atom stereocenters. The Morgan fingerprint density at radius 1 is 1.04 bits per heavy atom. The lowest BCUT2D eigenvalue weighted by Crippen LogP contribution is -2.35. The van der Waals surface area contributed by atoms with Gasteiger partial charge in [-0.25, -0.2) is 0 Å². The van der Waals surface area contributed by atoms with Crippen LogP contribution in [-0.4, -0.2) is 35.3 Å². The van der Waals surface area contributed by atoms with Crippen LogP contribution < -0.4 is 5.32 Å². The minimum atomic E-state index is -0.226. The maximum Gasteiger partial charge on any atom is 0.256 e. The van der Waals surface area contributed by atoms with Gasteiger partial charge in [0.25, 0.3) is 5.91 Å². The van der Waals surface area contributed by atoms with Crippen LogP contribution in [0.15, 0.2) is 42.5 Å². The molecule has 3 rings (SSSR count). The lowest BCUT2D eigenvalue weighted by Gasteiger charge is -2.17. The molecule has 2 N–H and O–H groups in total. The number of H-pyrrole nitrogens is 1. The number of nitrogens with one attached hydrogen (secondary N) is 2.